The zero-order valence-corrected chi connectivity index (χ0v) is 14.3. The first-order valence-electron chi connectivity index (χ1n) is 7.11. The van der Waals surface area contributed by atoms with E-state index in [4.69, 9.17) is 16.0 Å². The van der Waals surface area contributed by atoms with Gasteiger partial charge in [0.2, 0.25) is 5.89 Å². The zero-order chi connectivity index (χ0) is 17.9. The van der Waals surface area contributed by atoms with Crippen LogP contribution in [0.3, 0.4) is 0 Å². The first-order valence-corrected chi connectivity index (χ1v) is 9.14. The molecule has 0 fully saturated rings. The van der Waals surface area contributed by atoms with Gasteiger partial charge >= 0.3 is 6.01 Å². The van der Waals surface area contributed by atoms with Crippen LogP contribution in [0.5, 0.6) is 0 Å². The number of halogens is 1. The largest absolute Gasteiger partial charge is 0.407 e. The summed E-state index contributed by atoms with van der Waals surface area (Å²) in [6.45, 7) is 0. The van der Waals surface area contributed by atoms with E-state index in [1.165, 1.54) is 18.2 Å². The normalized spacial score (nSPS) is 11.2. The molecule has 3 aromatic rings. The van der Waals surface area contributed by atoms with Crippen LogP contribution in [-0.4, -0.2) is 24.5 Å². The molecule has 0 saturated heterocycles. The van der Waals surface area contributed by atoms with E-state index in [-0.39, 0.29) is 16.8 Å². The number of nitrogens with one attached hydrogen (secondary N) is 1. The van der Waals surface area contributed by atoms with E-state index in [0.717, 1.165) is 0 Å². The summed E-state index contributed by atoms with van der Waals surface area (Å²) in [5.74, 6) is -1.08. The summed E-state index contributed by atoms with van der Waals surface area (Å²) in [4.78, 5) is 12.2. The van der Waals surface area contributed by atoms with Gasteiger partial charge in [0.1, 0.15) is 5.75 Å². The predicted molar refractivity (Wildman–Crippen MR) is 91.0 cm³/mol. The van der Waals surface area contributed by atoms with Gasteiger partial charge in [-0.1, -0.05) is 41.0 Å². The zero-order valence-electron chi connectivity index (χ0n) is 12.7. The van der Waals surface area contributed by atoms with Gasteiger partial charge < -0.3 is 4.42 Å². The maximum atomic E-state index is 12.3. The summed E-state index contributed by atoms with van der Waals surface area (Å²) in [5.41, 5.74) is 0.309. The number of carbonyl (C=O) groups is 1. The van der Waals surface area contributed by atoms with Gasteiger partial charge in [0.25, 0.3) is 5.91 Å². The minimum atomic E-state index is -3.61. The molecule has 1 aromatic heterocycles. The highest BCUT2D eigenvalue weighted by Gasteiger charge is 2.20. The Hall–Kier alpha value is -2.71. The maximum absolute atomic E-state index is 12.3. The van der Waals surface area contributed by atoms with Crippen LogP contribution in [0.4, 0.5) is 6.01 Å². The van der Waals surface area contributed by atoms with Crippen molar-refractivity contribution in [3.63, 3.8) is 0 Å². The lowest BCUT2D eigenvalue weighted by atomic mass is 10.2. The second kappa shape index (κ2) is 7.04. The lowest BCUT2D eigenvalue weighted by Crippen LogP contribution is -2.12. The number of anilines is 1. The molecular weight excluding hydrogens is 366 g/mol. The van der Waals surface area contributed by atoms with Gasteiger partial charge in [-0.25, -0.2) is 8.42 Å². The number of carbonyl (C=O) groups excluding carboxylic acids is 1. The van der Waals surface area contributed by atoms with E-state index in [0.29, 0.717) is 10.6 Å². The number of hydrogen-bond acceptors (Lipinski definition) is 6. The summed E-state index contributed by atoms with van der Waals surface area (Å²) < 4.78 is 29.7. The Labute approximate surface area is 148 Å². The number of aromatic nitrogens is 2. The second-order valence-corrected chi connectivity index (χ2v) is 7.46. The van der Waals surface area contributed by atoms with E-state index in [1.807, 2.05) is 0 Å². The smallest absolute Gasteiger partial charge is 0.322 e. The van der Waals surface area contributed by atoms with Gasteiger partial charge in [-0.3, -0.25) is 10.1 Å². The van der Waals surface area contributed by atoms with Gasteiger partial charge in [-0.2, -0.15) is 0 Å². The van der Waals surface area contributed by atoms with Crippen LogP contribution in [0.2, 0.25) is 5.02 Å². The molecule has 0 atom stereocenters. The molecule has 1 N–H and O–H groups in total. The molecule has 0 aliphatic heterocycles. The number of rotatable bonds is 5. The molecule has 0 bridgehead atoms. The monoisotopic (exact) mass is 377 g/mol. The van der Waals surface area contributed by atoms with E-state index in [1.54, 1.807) is 36.4 Å². The molecule has 7 nitrogen and oxygen atoms in total. The van der Waals surface area contributed by atoms with Crippen LogP contribution in [0.15, 0.2) is 63.9 Å². The van der Waals surface area contributed by atoms with Crippen molar-refractivity contribution in [2.75, 3.05) is 5.32 Å². The van der Waals surface area contributed by atoms with Crippen LogP contribution in [0, 0.1) is 0 Å². The lowest BCUT2D eigenvalue weighted by Gasteiger charge is -2.01. The second-order valence-electron chi connectivity index (χ2n) is 5.04. The Morgan fingerprint density at radius 1 is 1.08 bits per heavy atom. The van der Waals surface area contributed by atoms with Gasteiger partial charge in [-0.15, -0.1) is 5.10 Å². The van der Waals surface area contributed by atoms with Crippen LogP contribution >= 0.6 is 11.6 Å². The van der Waals surface area contributed by atoms with Crippen molar-refractivity contribution in [1.29, 1.82) is 0 Å². The number of amides is 1. The Kier molecular flexibility index (Phi) is 4.82. The highest BCUT2D eigenvalue weighted by atomic mass is 35.5. The third-order valence-corrected chi connectivity index (χ3v) is 5.04. The van der Waals surface area contributed by atoms with Crippen molar-refractivity contribution in [2.45, 2.75) is 10.6 Å². The predicted octanol–water partition coefficient (Wildman–Crippen LogP) is 2.95. The highest BCUT2D eigenvalue weighted by Crippen LogP contribution is 2.17. The molecule has 0 aliphatic carbocycles. The lowest BCUT2D eigenvalue weighted by molar-refractivity contribution is 0.102. The summed E-state index contributed by atoms with van der Waals surface area (Å²) in [6.07, 6.45) is 0. The standard InChI is InChI=1S/C16H12ClN3O4S/c17-12-6-4-5-11(9-12)15(21)18-16-20-19-14(24-16)10-25(22,23)13-7-2-1-3-8-13/h1-9H,10H2,(H,18,20,21). The number of hydrogen-bond donors (Lipinski definition) is 1. The average Bonchev–Trinajstić information content (AvgIpc) is 3.02. The van der Waals surface area contributed by atoms with Crippen LogP contribution < -0.4 is 5.32 Å². The molecule has 0 aliphatic rings. The van der Waals surface area contributed by atoms with Crippen molar-refractivity contribution < 1.29 is 17.6 Å². The molecule has 1 amide bonds. The number of nitrogens with zero attached hydrogens (tertiary/aromatic N) is 2. The first-order chi connectivity index (χ1) is 11.9. The topological polar surface area (TPSA) is 102 Å². The summed E-state index contributed by atoms with van der Waals surface area (Å²) in [7, 11) is -3.61. The van der Waals surface area contributed by atoms with E-state index >= 15 is 0 Å². The summed E-state index contributed by atoms with van der Waals surface area (Å²) >= 11 is 5.83. The Balaban J connectivity index is 1.72. The van der Waals surface area contributed by atoms with Crippen LogP contribution in [0.1, 0.15) is 16.2 Å². The van der Waals surface area contributed by atoms with Gasteiger partial charge in [0.15, 0.2) is 9.84 Å². The quantitative estimate of drug-likeness (QED) is 0.733. The van der Waals surface area contributed by atoms with Gasteiger partial charge in [0.05, 0.1) is 4.90 Å². The van der Waals surface area contributed by atoms with Gasteiger partial charge in [-0.05, 0) is 30.3 Å². The van der Waals surface area contributed by atoms with Crippen molar-refractivity contribution in [3.8, 4) is 0 Å². The molecule has 0 unspecified atom stereocenters. The molecular formula is C16H12ClN3O4S. The van der Waals surface area contributed by atoms with Gasteiger partial charge in [0, 0.05) is 10.6 Å². The average molecular weight is 378 g/mol. The Bertz CT molecular complexity index is 1000. The first kappa shape index (κ1) is 17.1. The molecule has 3 rings (SSSR count). The summed E-state index contributed by atoms with van der Waals surface area (Å²) in [5, 5.41) is 10.1. The maximum Gasteiger partial charge on any atom is 0.322 e. The SMILES string of the molecule is O=C(Nc1nnc(CS(=O)(=O)c2ccccc2)o1)c1cccc(Cl)c1. The molecule has 25 heavy (non-hydrogen) atoms. The summed E-state index contributed by atoms with van der Waals surface area (Å²) in [6, 6.07) is 14.0. The minimum Gasteiger partial charge on any atom is -0.407 e. The fraction of sp³-hybridized carbons (Fsp3) is 0.0625. The van der Waals surface area contributed by atoms with Crippen molar-refractivity contribution in [1.82, 2.24) is 10.2 Å². The third kappa shape index (κ3) is 4.23. The number of benzene rings is 2. The number of sulfone groups is 1. The van der Waals surface area contributed by atoms with Crippen molar-refractivity contribution in [2.24, 2.45) is 0 Å². The third-order valence-electron chi connectivity index (χ3n) is 3.19. The van der Waals surface area contributed by atoms with E-state index in [9.17, 15) is 13.2 Å². The molecule has 9 heteroatoms. The van der Waals surface area contributed by atoms with Crippen LogP contribution in [-0.2, 0) is 15.6 Å². The van der Waals surface area contributed by atoms with Crippen LogP contribution in [0.25, 0.3) is 0 Å². The molecule has 0 radical (unpaired) electrons. The molecule has 0 spiro atoms. The minimum absolute atomic E-state index is 0.120. The fourth-order valence-electron chi connectivity index (χ4n) is 2.04. The molecule has 2 aromatic carbocycles. The Morgan fingerprint density at radius 3 is 2.56 bits per heavy atom. The van der Waals surface area contributed by atoms with E-state index in [2.05, 4.69) is 15.5 Å². The Morgan fingerprint density at radius 2 is 1.84 bits per heavy atom. The van der Waals surface area contributed by atoms with Crippen molar-refractivity contribution >= 4 is 33.4 Å². The molecule has 128 valence electrons. The van der Waals surface area contributed by atoms with E-state index < -0.39 is 21.5 Å². The molecule has 1 heterocycles. The van der Waals surface area contributed by atoms with Crippen molar-refractivity contribution in [3.05, 3.63) is 71.1 Å². The molecule has 0 saturated carbocycles. The fourth-order valence-corrected chi connectivity index (χ4v) is 3.41. The highest BCUT2D eigenvalue weighted by molar-refractivity contribution is 7.90.